The fourth-order valence-electron chi connectivity index (χ4n) is 6.62. The van der Waals surface area contributed by atoms with Crippen molar-refractivity contribution in [3.05, 3.63) is 159 Å². The van der Waals surface area contributed by atoms with E-state index in [9.17, 15) is 0 Å². The number of benzene rings is 5. The summed E-state index contributed by atoms with van der Waals surface area (Å²) in [6, 6.07) is 50.4. The average Bonchev–Trinajstić information content (AvgIpc) is 3.59. The second kappa shape index (κ2) is 10.7. The van der Waals surface area contributed by atoms with Crippen molar-refractivity contribution in [1.82, 2.24) is 4.98 Å². The van der Waals surface area contributed by atoms with Gasteiger partial charge in [0, 0.05) is 32.3 Å². The molecule has 0 saturated heterocycles. The first-order valence-corrected chi connectivity index (χ1v) is 14.5. The molecule has 0 radical (unpaired) electrons. The van der Waals surface area contributed by atoms with E-state index in [1.54, 1.807) is 0 Å². The molecular weight excluding hydrogens is 630 g/mol. The summed E-state index contributed by atoms with van der Waals surface area (Å²) in [4.78, 5) is 11.4. The Bertz CT molecular complexity index is 2050. The van der Waals surface area contributed by atoms with Crippen molar-refractivity contribution in [1.29, 1.82) is 0 Å². The van der Waals surface area contributed by atoms with Crippen molar-refractivity contribution in [3.63, 3.8) is 0 Å². The van der Waals surface area contributed by atoms with Crippen LogP contribution in [-0.4, -0.2) is 11.8 Å². The molecule has 0 N–H and O–H groups in total. The fraction of sp³-hybridized carbons (Fsp3) is 0. The molecule has 5 aromatic carbocycles. The molecule has 6 aromatic rings. The van der Waals surface area contributed by atoms with Gasteiger partial charge in [0.25, 0.3) is 0 Å². The zero-order valence-electron chi connectivity index (χ0n) is 23.5. The first-order chi connectivity index (χ1) is 21.3. The Morgan fingerprint density at radius 2 is 1.20 bits per heavy atom. The third kappa shape index (κ3) is 4.14. The van der Waals surface area contributed by atoms with E-state index in [0.29, 0.717) is 0 Å². The molecule has 3 aliphatic heterocycles. The van der Waals surface area contributed by atoms with Gasteiger partial charge in [0.15, 0.2) is 0 Å². The van der Waals surface area contributed by atoms with E-state index in [-0.39, 0.29) is 27.3 Å². The summed E-state index contributed by atoms with van der Waals surface area (Å²) in [5.41, 5.74) is 13.5. The van der Waals surface area contributed by atoms with Crippen LogP contribution in [0.25, 0.3) is 33.5 Å². The van der Waals surface area contributed by atoms with Crippen molar-refractivity contribution in [3.8, 4) is 33.5 Å². The van der Waals surface area contributed by atoms with Gasteiger partial charge in [-0.3, -0.25) is 0 Å². The van der Waals surface area contributed by atoms with Gasteiger partial charge in [0.05, 0.1) is 0 Å². The van der Waals surface area contributed by atoms with Crippen molar-refractivity contribution < 1.29 is 20.4 Å². The summed E-state index contributed by atoms with van der Waals surface area (Å²) in [5.74, 6) is 0. The molecule has 3 aliphatic rings. The summed E-state index contributed by atoms with van der Waals surface area (Å²) < 4.78 is 0. The second-order valence-corrected chi connectivity index (χ2v) is 11.0. The summed E-state index contributed by atoms with van der Waals surface area (Å²) in [6.45, 7) is 2.10. The van der Waals surface area contributed by atoms with Crippen molar-refractivity contribution in [2.45, 2.75) is 0 Å². The molecule has 0 unspecified atom stereocenters. The van der Waals surface area contributed by atoms with Gasteiger partial charge in [0.2, 0.25) is 0 Å². The molecule has 0 spiro atoms. The monoisotopic (exact) mass is 653 g/mol. The standard InChI is InChI=1S/C38H24BN4.Pd/c1-2-10-28(11-3-1)41-22-23-42(26-41)29-18-20-33-31-13-5-7-15-35(31)39-34-14-6-4-12-30(34)32-19-17-27(36-16-8-9-21-40-36)24-37(32)43(39)38(33)25-29;/h1-23,26H;/q-3;. The number of anilines is 4. The molecule has 4 nitrogen and oxygen atoms in total. The van der Waals surface area contributed by atoms with Crippen LogP contribution in [0.3, 0.4) is 0 Å². The Morgan fingerprint density at radius 1 is 0.568 bits per heavy atom. The first kappa shape index (κ1) is 26.7. The zero-order chi connectivity index (χ0) is 28.3. The number of hydrogen-bond acceptors (Lipinski definition) is 4. The first-order valence-electron chi connectivity index (χ1n) is 14.5. The molecule has 0 amide bonds. The Kier molecular flexibility index (Phi) is 6.49. The van der Waals surface area contributed by atoms with Crippen LogP contribution >= 0.6 is 0 Å². The predicted octanol–water partition coefficient (Wildman–Crippen LogP) is 7.17. The molecule has 0 aliphatic carbocycles. The van der Waals surface area contributed by atoms with Crippen molar-refractivity contribution >= 4 is 40.5 Å². The van der Waals surface area contributed by atoms with Gasteiger partial charge < -0.3 is 19.6 Å². The van der Waals surface area contributed by atoms with Gasteiger partial charge in [-0.25, -0.2) is 0 Å². The maximum atomic E-state index is 4.64. The van der Waals surface area contributed by atoms with Crippen LogP contribution < -0.4 is 25.5 Å². The van der Waals surface area contributed by atoms with Gasteiger partial charge in [-0.15, -0.1) is 53.8 Å². The Morgan fingerprint density at radius 3 is 1.93 bits per heavy atom. The summed E-state index contributed by atoms with van der Waals surface area (Å²) in [6.07, 6.45) is 6.01. The van der Waals surface area contributed by atoms with Gasteiger partial charge in [-0.1, -0.05) is 118 Å². The molecular formula is C38H24BN4Pd-3. The predicted molar refractivity (Wildman–Crippen MR) is 177 cm³/mol. The van der Waals surface area contributed by atoms with Crippen LogP contribution in [-0.2, 0) is 20.4 Å². The van der Waals surface area contributed by atoms with Crippen LogP contribution in [0.2, 0.25) is 0 Å². The number of hydrogen-bond donors (Lipinski definition) is 0. The number of pyridine rings is 1. The molecule has 6 heteroatoms. The minimum Gasteiger partial charge on any atom is -0.500 e. The van der Waals surface area contributed by atoms with Crippen molar-refractivity contribution in [2.24, 2.45) is 0 Å². The third-order valence-electron chi connectivity index (χ3n) is 8.58. The molecule has 9 rings (SSSR count). The smallest absolute Gasteiger partial charge is 0.324 e. The minimum atomic E-state index is -0.00644. The number of aromatic nitrogens is 1. The molecule has 0 atom stereocenters. The second-order valence-electron chi connectivity index (χ2n) is 11.0. The van der Waals surface area contributed by atoms with Gasteiger partial charge in [-0.2, -0.15) is 6.07 Å². The average molecular weight is 654 g/mol. The molecule has 212 valence electrons. The van der Waals surface area contributed by atoms with Crippen molar-refractivity contribution in [2.75, 3.05) is 14.6 Å². The summed E-state index contributed by atoms with van der Waals surface area (Å²) in [7, 11) is 0. The van der Waals surface area contributed by atoms with Crippen LogP contribution in [0.15, 0.2) is 140 Å². The number of fused-ring (bicyclic) bond motifs is 11. The van der Waals surface area contributed by atoms with E-state index in [1.165, 1.54) is 33.2 Å². The molecule has 0 bridgehead atoms. The van der Waals surface area contributed by atoms with E-state index in [0.717, 1.165) is 34.0 Å². The maximum Gasteiger partial charge on any atom is 0.324 e. The normalized spacial score (nSPS) is 13.8. The van der Waals surface area contributed by atoms with Crippen LogP contribution in [0.1, 0.15) is 0 Å². The molecule has 0 saturated carbocycles. The van der Waals surface area contributed by atoms with Crippen LogP contribution in [0.4, 0.5) is 22.7 Å². The van der Waals surface area contributed by atoms with E-state index in [2.05, 4.69) is 148 Å². The van der Waals surface area contributed by atoms with E-state index < -0.39 is 0 Å². The minimum absolute atomic E-state index is 0. The Balaban J connectivity index is 0.00000289. The number of para-hydroxylation sites is 1. The Labute approximate surface area is 271 Å². The summed E-state index contributed by atoms with van der Waals surface area (Å²) >= 11 is 0. The fourth-order valence-corrected chi connectivity index (χ4v) is 6.62. The van der Waals surface area contributed by atoms with Gasteiger partial charge >= 0.3 is 6.85 Å². The van der Waals surface area contributed by atoms with E-state index in [1.807, 2.05) is 30.5 Å². The molecule has 4 heterocycles. The van der Waals surface area contributed by atoms with E-state index in [4.69, 9.17) is 0 Å². The zero-order valence-corrected chi connectivity index (χ0v) is 25.1. The number of nitrogens with zero attached hydrogens (tertiary/aromatic N) is 4. The largest absolute Gasteiger partial charge is 0.500 e. The SMILES string of the molecule is [Pd].[c-]1c(-c2ccccn2)ccc2c1N1B(c3ccccc3-2)c2ccccc2-c2ccc(N3C=CN(c4ccccc4)[CH-]3)[c-]c21. The van der Waals surface area contributed by atoms with Crippen LogP contribution in [0, 0.1) is 18.8 Å². The molecule has 1 aromatic heterocycles. The quantitative estimate of drug-likeness (QED) is 0.149. The van der Waals surface area contributed by atoms with E-state index >= 15 is 0 Å². The van der Waals surface area contributed by atoms with Crippen LogP contribution in [0.5, 0.6) is 0 Å². The number of rotatable bonds is 3. The molecule has 0 fully saturated rings. The van der Waals surface area contributed by atoms with Gasteiger partial charge in [-0.05, 0) is 36.3 Å². The maximum absolute atomic E-state index is 4.64. The third-order valence-corrected chi connectivity index (χ3v) is 8.58. The summed E-state index contributed by atoms with van der Waals surface area (Å²) in [5, 5.41) is 0. The topological polar surface area (TPSA) is 22.6 Å². The van der Waals surface area contributed by atoms with Gasteiger partial charge in [0.1, 0.15) is 0 Å². The molecule has 44 heavy (non-hydrogen) atoms. The Hall–Kier alpha value is -4.88.